The summed E-state index contributed by atoms with van der Waals surface area (Å²) in [6.45, 7) is 0.256. The number of amides is 1. The van der Waals surface area contributed by atoms with Crippen molar-refractivity contribution in [2.75, 3.05) is 13.7 Å². The molecule has 1 aliphatic rings. The molecule has 0 bridgehead atoms. The zero-order chi connectivity index (χ0) is 13.8. The minimum absolute atomic E-state index is 0.0423. The van der Waals surface area contributed by atoms with Crippen molar-refractivity contribution in [1.29, 1.82) is 0 Å². The highest BCUT2D eigenvalue weighted by Gasteiger charge is 2.44. The van der Waals surface area contributed by atoms with Crippen molar-refractivity contribution in [1.82, 2.24) is 5.32 Å². The molecule has 0 heterocycles. The normalized spacial score (nSPS) is 20.7. The standard InChI is InChI=1S/C14H16FNO3/c1-19-13(17)6-7-16-14(18)11-8-10(11)9-4-2-3-5-12(9)15/h2-5,10-11H,6-8H2,1H3,(H,16,18). The Labute approximate surface area is 110 Å². The maximum absolute atomic E-state index is 13.5. The van der Waals surface area contributed by atoms with E-state index in [1.165, 1.54) is 13.2 Å². The average molecular weight is 265 g/mol. The number of methoxy groups -OCH3 is 1. The topological polar surface area (TPSA) is 55.4 Å². The van der Waals surface area contributed by atoms with Gasteiger partial charge in [-0.3, -0.25) is 9.59 Å². The highest BCUT2D eigenvalue weighted by atomic mass is 19.1. The number of rotatable bonds is 5. The van der Waals surface area contributed by atoms with Crippen LogP contribution >= 0.6 is 0 Å². The van der Waals surface area contributed by atoms with Crippen molar-refractivity contribution in [3.05, 3.63) is 35.6 Å². The molecule has 0 aromatic heterocycles. The van der Waals surface area contributed by atoms with Crippen molar-refractivity contribution in [2.45, 2.75) is 18.8 Å². The largest absolute Gasteiger partial charge is 0.469 e. The van der Waals surface area contributed by atoms with E-state index in [0.29, 0.717) is 12.0 Å². The van der Waals surface area contributed by atoms with Crippen LogP contribution in [-0.2, 0) is 14.3 Å². The second-order valence-electron chi connectivity index (χ2n) is 4.59. The van der Waals surface area contributed by atoms with E-state index in [-0.39, 0.29) is 42.5 Å². The van der Waals surface area contributed by atoms with Crippen LogP contribution < -0.4 is 5.32 Å². The van der Waals surface area contributed by atoms with E-state index in [4.69, 9.17) is 0 Å². The Morgan fingerprint density at radius 1 is 1.42 bits per heavy atom. The van der Waals surface area contributed by atoms with Crippen molar-refractivity contribution < 1.29 is 18.7 Å². The maximum Gasteiger partial charge on any atom is 0.307 e. The van der Waals surface area contributed by atoms with E-state index in [2.05, 4.69) is 10.1 Å². The second-order valence-corrected chi connectivity index (χ2v) is 4.59. The van der Waals surface area contributed by atoms with Gasteiger partial charge in [0, 0.05) is 12.5 Å². The molecule has 19 heavy (non-hydrogen) atoms. The molecule has 0 spiro atoms. The molecule has 102 valence electrons. The summed E-state index contributed by atoms with van der Waals surface area (Å²) in [5.41, 5.74) is 0.593. The number of carbonyl (C=O) groups is 2. The molecule has 1 N–H and O–H groups in total. The molecule has 1 aromatic rings. The molecular formula is C14H16FNO3. The zero-order valence-electron chi connectivity index (χ0n) is 10.7. The fraction of sp³-hybridized carbons (Fsp3) is 0.429. The molecule has 1 fully saturated rings. The molecule has 2 atom stereocenters. The number of halogens is 1. The van der Waals surface area contributed by atoms with E-state index >= 15 is 0 Å². The third kappa shape index (κ3) is 3.30. The van der Waals surface area contributed by atoms with Gasteiger partial charge >= 0.3 is 5.97 Å². The van der Waals surface area contributed by atoms with Crippen LogP contribution in [-0.4, -0.2) is 25.5 Å². The van der Waals surface area contributed by atoms with Gasteiger partial charge in [-0.15, -0.1) is 0 Å². The monoisotopic (exact) mass is 265 g/mol. The number of esters is 1. The van der Waals surface area contributed by atoms with E-state index in [0.717, 1.165) is 0 Å². The van der Waals surface area contributed by atoms with Crippen LogP contribution in [0.15, 0.2) is 24.3 Å². The lowest BCUT2D eigenvalue weighted by Crippen LogP contribution is -2.28. The fourth-order valence-electron chi connectivity index (χ4n) is 2.13. The Bertz CT molecular complexity index is 489. The van der Waals surface area contributed by atoms with Gasteiger partial charge in [0.25, 0.3) is 0 Å². The van der Waals surface area contributed by atoms with Crippen molar-refractivity contribution in [2.24, 2.45) is 5.92 Å². The highest BCUT2D eigenvalue weighted by molar-refractivity contribution is 5.83. The molecule has 1 amide bonds. The van der Waals surface area contributed by atoms with Gasteiger partial charge in [0.15, 0.2) is 0 Å². The van der Waals surface area contributed by atoms with Crippen LogP contribution in [0.1, 0.15) is 24.3 Å². The number of benzene rings is 1. The summed E-state index contributed by atoms with van der Waals surface area (Å²) in [7, 11) is 1.30. The van der Waals surface area contributed by atoms with Crippen molar-refractivity contribution >= 4 is 11.9 Å². The molecule has 0 aliphatic heterocycles. The first-order valence-electron chi connectivity index (χ1n) is 6.22. The second kappa shape index (κ2) is 5.82. The van der Waals surface area contributed by atoms with Crippen molar-refractivity contribution in [3.8, 4) is 0 Å². The molecule has 2 unspecified atom stereocenters. The van der Waals surface area contributed by atoms with Crippen LogP contribution in [0.4, 0.5) is 4.39 Å². The fourth-order valence-corrected chi connectivity index (χ4v) is 2.13. The molecule has 0 radical (unpaired) electrons. The Hall–Kier alpha value is -1.91. The SMILES string of the molecule is COC(=O)CCNC(=O)C1CC1c1ccccc1F. The molecule has 1 aliphatic carbocycles. The quantitative estimate of drug-likeness (QED) is 0.823. The molecule has 4 nitrogen and oxygen atoms in total. The van der Waals surface area contributed by atoms with E-state index in [1.807, 2.05) is 0 Å². The zero-order valence-corrected chi connectivity index (χ0v) is 10.7. The summed E-state index contributed by atoms with van der Waals surface area (Å²) in [4.78, 5) is 22.7. The molecule has 1 aromatic carbocycles. The molecule has 0 saturated heterocycles. The maximum atomic E-state index is 13.5. The Balaban J connectivity index is 1.81. The van der Waals surface area contributed by atoms with E-state index in [1.54, 1.807) is 18.2 Å². The number of ether oxygens (including phenoxy) is 1. The Morgan fingerprint density at radius 3 is 2.84 bits per heavy atom. The summed E-state index contributed by atoms with van der Waals surface area (Å²) in [6.07, 6.45) is 0.810. The van der Waals surface area contributed by atoms with Gasteiger partial charge in [-0.25, -0.2) is 4.39 Å². The number of carbonyl (C=O) groups excluding carboxylic acids is 2. The predicted octanol–water partition coefficient (Wildman–Crippen LogP) is 1.61. The number of hydrogen-bond acceptors (Lipinski definition) is 3. The van der Waals surface area contributed by atoms with Gasteiger partial charge < -0.3 is 10.1 Å². The smallest absolute Gasteiger partial charge is 0.307 e. The first-order valence-corrected chi connectivity index (χ1v) is 6.22. The summed E-state index contributed by atoms with van der Waals surface area (Å²) in [5.74, 6) is -0.981. The summed E-state index contributed by atoms with van der Waals surface area (Å²) in [5, 5.41) is 2.67. The van der Waals surface area contributed by atoms with Gasteiger partial charge in [0.2, 0.25) is 5.91 Å². The molecule has 5 heteroatoms. The number of nitrogens with one attached hydrogen (secondary N) is 1. The van der Waals surface area contributed by atoms with Crippen LogP contribution in [0.25, 0.3) is 0 Å². The van der Waals surface area contributed by atoms with E-state index < -0.39 is 0 Å². The third-order valence-corrected chi connectivity index (χ3v) is 3.29. The van der Waals surface area contributed by atoms with E-state index in [9.17, 15) is 14.0 Å². The lowest BCUT2D eigenvalue weighted by atomic mass is 10.1. The first kappa shape index (κ1) is 13.5. The molecule has 2 rings (SSSR count). The van der Waals surface area contributed by atoms with Crippen LogP contribution in [0.3, 0.4) is 0 Å². The van der Waals surface area contributed by atoms with Crippen LogP contribution in [0.5, 0.6) is 0 Å². The van der Waals surface area contributed by atoms with Gasteiger partial charge in [-0.1, -0.05) is 18.2 Å². The summed E-state index contributed by atoms with van der Waals surface area (Å²) < 4.78 is 18.0. The number of hydrogen-bond donors (Lipinski definition) is 1. The highest BCUT2D eigenvalue weighted by Crippen LogP contribution is 2.48. The predicted molar refractivity (Wildman–Crippen MR) is 66.9 cm³/mol. The minimum Gasteiger partial charge on any atom is -0.469 e. The first-order chi connectivity index (χ1) is 9.13. The Morgan fingerprint density at radius 2 is 2.16 bits per heavy atom. The lowest BCUT2D eigenvalue weighted by Gasteiger charge is -2.04. The third-order valence-electron chi connectivity index (χ3n) is 3.29. The summed E-state index contributed by atoms with van der Waals surface area (Å²) in [6, 6.07) is 6.51. The van der Waals surface area contributed by atoms with Gasteiger partial charge in [-0.2, -0.15) is 0 Å². The van der Waals surface area contributed by atoms with Crippen LogP contribution in [0, 0.1) is 11.7 Å². The minimum atomic E-state index is -0.359. The summed E-state index contributed by atoms with van der Waals surface area (Å²) >= 11 is 0. The molecule has 1 saturated carbocycles. The lowest BCUT2D eigenvalue weighted by molar-refractivity contribution is -0.140. The Kier molecular flexibility index (Phi) is 4.14. The average Bonchev–Trinajstić information content (AvgIpc) is 3.19. The van der Waals surface area contributed by atoms with Crippen LogP contribution in [0.2, 0.25) is 0 Å². The molecular weight excluding hydrogens is 249 g/mol. The van der Waals surface area contributed by atoms with Gasteiger partial charge in [-0.05, 0) is 24.0 Å². The van der Waals surface area contributed by atoms with Crippen molar-refractivity contribution in [3.63, 3.8) is 0 Å². The van der Waals surface area contributed by atoms with Gasteiger partial charge in [0.1, 0.15) is 5.82 Å². The van der Waals surface area contributed by atoms with Gasteiger partial charge in [0.05, 0.1) is 13.5 Å².